The van der Waals surface area contributed by atoms with E-state index in [1.807, 2.05) is 45.3 Å². The molecule has 76 heavy (non-hydrogen) atoms. The molecular weight excluding hydrogens is 997 g/mol. The smallest absolute Gasteiger partial charge is 0.0543 e. The Morgan fingerprint density at radius 2 is 0.513 bits per heavy atom. The van der Waals surface area contributed by atoms with E-state index in [0.29, 0.717) is 0 Å². The maximum Gasteiger partial charge on any atom is 0.0543 e. The highest BCUT2D eigenvalue weighted by Gasteiger charge is 2.27. The molecule has 6 heteroatoms. The lowest BCUT2D eigenvalue weighted by molar-refractivity contribution is 0.875. The monoisotopic (exact) mass is 1040 g/mol. The second kappa shape index (κ2) is 16.8. The van der Waals surface area contributed by atoms with Gasteiger partial charge in [-0.1, -0.05) is 125 Å². The summed E-state index contributed by atoms with van der Waals surface area (Å²) in [6.45, 7) is 9.48. The summed E-state index contributed by atoms with van der Waals surface area (Å²) in [6.07, 6.45) is 0. The average Bonchev–Trinajstić information content (AvgIpc) is 4.33. The van der Waals surface area contributed by atoms with Crippen LogP contribution in [0.3, 0.4) is 0 Å². The first-order valence-electron chi connectivity index (χ1n) is 26.3. The van der Waals surface area contributed by atoms with Crippen LogP contribution in [0.2, 0.25) is 0 Å². The van der Waals surface area contributed by atoms with E-state index in [1.165, 1.54) is 136 Å². The number of rotatable bonds is 8. The third-order valence-corrected chi connectivity index (χ3v) is 20.7. The van der Waals surface area contributed by atoms with Gasteiger partial charge < -0.3 is 9.80 Å². The van der Waals surface area contributed by atoms with Crippen molar-refractivity contribution in [1.29, 1.82) is 0 Å². The van der Waals surface area contributed by atoms with Crippen LogP contribution in [0.4, 0.5) is 34.1 Å². The fourth-order valence-corrected chi connectivity index (χ4v) is 16.9. The van der Waals surface area contributed by atoms with Gasteiger partial charge in [0.1, 0.15) is 0 Å². The Bertz CT molecular complexity index is 4500. The van der Waals surface area contributed by atoms with Gasteiger partial charge >= 0.3 is 0 Å². The highest BCUT2D eigenvalue weighted by Crippen LogP contribution is 2.53. The van der Waals surface area contributed by atoms with Gasteiger partial charge in [0.05, 0.1) is 11.4 Å². The molecule has 12 aromatic carbocycles. The number of nitrogens with zero attached hydrogens (tertiary/aromatic N) is 2. The van der Waals surface area contributed by atoms with Gasteiger partial charge in [0, 0.05) is 114 Å². The number of fused-ring (bicyclic) bond motifs is 12. The standard InChI is InChI=1S/C70H48N2S4/c1-39(2)53-37-59(71(41-21-29-65-55(33-41)45-13-5-9-17-61(45)73-65)42-22-30-66-56(34-42)46-14-6-10-18-62(46)74-66)51-28-26-50-54(40(3)4)38-60(52-27-25-49(53)69(51)70(50)52)72(43-23-31-67-57(35-43)47-15-7-11-19-63(47)75-67)44-24-32-68-58(36-44)48-16-8-12-20-64(48)76-68/h5-40H,1-4H3. The first-order chi connectivity index (χ1) is 37.3. The molecule has 16 aromatic rings. The van der Waals surface area contributed by atoms with Crippen molar-refractivity contribution in [1.82, 2.24) is 0 Å². The Labute approximate surface area is 455 Å². The lowest BCUT2D eigenvalue weighted by Crippen LogP contribution is -2.13. The zero-order valence-electron chi connectivity index (χ0n) is 42.3. The van der Waals surface area contributed by atoms with E-state index < -0.39 is 0 Å². The minimum atomic E-state index is 0.261. The van der Waals surface area contributed by atoms with Crippen LogP contribution >= 0.6 is 45.3 Å². The Morgan fingerprint density at radius 1 is 0.250 bits per heavy atom. The van der Waals surface area contributed by atoms with Crippen molar-refractivity contribution >= 4 is 192 Å². The fraction of sp³-hybridized carbons (Fsp3) is 0.0857. The molecule has 0 aliphatic rings. The maximum atomic E-state index is 2.58. The van der Waals surface area contributed by atoms with E-state index >= 15 is 0 Å². The summed E-state index contributed by atoms with van der Waals surface area (Å²) < 4.78 is 10.5. The molecule has 0 saturated carbocycles. The van der Waals surface area contributed by atoms with Crippen LogP contribution in [0.15, 0.2) is 206 Å². The molecule has 0 spiro atoms. The van der Waals surface area contributed by atoms with Gasteiger partial charge in [0.2, 0.25) is 0 Å². The summed E-state index contributed by atoms with van der Waals surface area (Å²) in [7, 11) is 0. The summed E-state index contributed by atoms with van der Waals surface area (Å²) in [5.74, 6) is 0.522. The Hall–Kier alpha value is -7.84. The number of benzene rings is 12. The third kappa shape index (κ3) is 6.61. The second-order valence-electron chi connectivity index (χ2n) is 21.1. The van der Waals surface area contributed by atoms with Crippen molar-refractivity contribution in [3.05, 3.63) is 217 Å². The van der Waals surface area contributed by atoms with E-state index in [9.17, 15) is 0 Å². The summed E-state index contributed by atoms with van der Waals surface area (Å²) in [5, 5.41) is 18.2. The molecule has 4 heterocycles. The van der Waals surface area contributed by atoms with Gasteiger partial charge in [-0.05, 0) is 154 Å². The maximum absolute atomic E-state index is 2.58. The van der Waals surface area contributed by atoms with Crippen molar-refractivity contribution in [2.24, 2.45) is 0 Å². The summed E-state index contributed by atoms with van der Waals surface area (Å²) in [5.41, 5.74) is 9.71. The van der Waals surface area contributed by atoms with Crippen molar-refractivity contribution in [3.63, 3.8) is 0 Å². The van der Waals surface area contributed by atoms with Gasteiger partial charge in [0.25, 0.3) is 0 Å². The minimum Gasteiger partial charge on any atom is -0.310 e. The predicted molar refractivity (Wildman–Crippen MR) is 339 cm³/mol. The van der Waals surface area contributed by atoms with E-state index in [4.69, 9.17) is 0 Å². The van der Waals surface area contributed by atoms with Crippen LogP contribution in [0.1, 0.15) is 50.7 Å². The van der Waals surface area contributed by atoms with Crippen molar-refractivity contribution in [2.45, 2.75) is 39.5 Å². The molecule has 4 aromatic heterocycles. The Balaban J connectivity index is 1.01. The number of hydrogen-bond acceptors (Lipinski definition) is 6. The number of thiophene rings is 4. The zero-order chi connectivity index (χ0) is 50.5. The molecule has 2 nitrogen and oxygen atoms in total. The minimum absolute atomic E-state index is 0.261. The molecule has 0 unspecified atom stereocenters. The molecule has 0 aliphatic heterocycles. The summed E-state index contributed by atoms with van der Waals surface area (Å²) in [4.78, 5) is 5.15. The molecule has 0 saturated heterocycles. The second-order valence-corrected chi connectivity index (χ2v) is 25.5. The van der Waals surface area contributed by atoms with E-state index in [0.717, 1.165) is 22.7 Å². The molecule has 0 N–H and O–H groups in total. The molecule has 0 radical (unpaired) electrons. The topological polar surface area (TPSA) is 6.48 Å². The zero-order valence-corrected chi connectivity index (χ0v) is 45.6. The van der Waals surface area contributed by atoms with E-state index in [-0.39, 0.29) is 11.8 Å². The first-order valence-corrected chi connectivity index (χ1v) is 29.6. The number of anilines is 6. The molecule has 0 aliphatic carbocycles. The molecule has 0 fully saturated rings. The van der Waals surface area contributed by atoms with Gasteiger partial charge in [-0.15, -0.1) is 45.3 Å². The van der Waals surface area contributed by atoms with Gasteiger partial charge in [0.15, 0.2) is 0 Å². The van der Waals surface area contributed by atoms with E-state index in [1.54, 1.807) is 0 Å². The highest BCUT2D eigenvalue weighted by atomic mass is 32.1. The average molecular weight is 1050 g/mol. The van der Waals surface area contributed by atoms with Crippen LogP contribution in [0.25, 0.3) is 113 Å². The van der Waals surface area contributed by atoms with Crippen LogP contribution in [-0.4, -0.2) is 0 Å². The third-order valence-electron chi connectivity index (χ3n) is 16.1. The Kier molecular flexibility index (Phi) is 9.84. The Morgan fingerprint density at radius 3 is 0.803 bits per heavy atom. The quantitative estimate of drug-likeness (QED) is 0.140. The normalized spacial score (nSPS) is 12.4. The van der Waals surface area contributed by atoms with Crippen LogP contribution in [-0.2, 0) is 0 Å². The molecular formula is C70H48N2S4. The molecule has 0 amide bonds. The van der Waals surface area contributed by atoms with Crippen molar-refractivity contribution in [2.75, 3.05) is 9.80 Å². The van der Waals surface area contributed by atoms with E-state index in [2.05, 4.69) is 244 Å². The first kappa shape index (κ1) is 44.5. The largest absolute Gasteiger partial charge is 0.310 e. The van der Waals surface area contributed by atoms with Crippen molar-refractivity contribution < 1.29 is 0 Å². The van der Waals surface area contributed by atoms with Crippen LogP contribution < -0.4 is 9.80 Å². The highest BCUT2D eigenvalue weighted by molar-refractivity contribution is 7.27. The summed E-state index contributed by atoms with van der Waals surface area (Å²) >= 11 is 7.51. The lowest BCUT2D eigenvalue weighted by Gasteiger charge is -2.31. The van der Waals surface area contributed by atoms with Gasteiger partial charge in [-0.2, -0.15) is 0 Å². The lowest BCUT2D eigenvalue weighted by atomic mass is 9.84. The number of hydrogen-bond donors (Lipinski definition) is 0. The molecule has 0 bridgehead atoms. The van der Waals surface area contributed by atoms with Gasteiger partial charge in [-0.25, -0.2) is 0 Å². The summed E-state index contributed by atoms with van der Waals surface area (Å²) in [6, 6.07) is 79.0. The fourth-order valence-electron chi connectivity index (χ4n) is 12.6. The van der Waals surface area contributed by atoms with Crippen LogP contribution in [0, 0.1) is 0 Å². The predicted octanol–water partition coefficient (Wildman–Crippen LogP) is 23.2. The molecule has 16 rings (SSSR count). The van der Waals surface area contributed by atoms with Gasteiger partial charge in [-0.3, -0.25) is 0 Å². The van der Waals surface area contributed by atoms with Crippen molar-refractivity contribution in [3.8, 4) is 0 Å². The molecule has 362 valence electrons. The molecule has 0 atom stereocenters. The van der Waals surface area contributed by atoms with Crippen LogP contribution in [0.5, 0.6) is 0 Å². The SMILES string of the molecule is CC(C)c1cc(N(c2ccc3sc4ccccc4c3c2)c2ccc3sc4ccccc4c3c2)c2ccc3c(C(C)C)cc(N(c4ccc5sc6ccccc6c5c4)c4ccc5sc6ccccc6c5c4)c4ccc1c2c34.